The Hall–Kier alpha value is -3.97. The van der Waals surface area contributed by atoms with Crippen LogP contribution in [0.3, 0.4) is 0 Å². The summed E-state index contributed by atoms with van der Waals surface area (Å²) in [5, 5.41) is 0. The SMILES string of the molecule is COc1ccc(CN2COc3cc(C)c4c(c3C2)O/C(=C\c2cc(OC)ccc2OC)C4=O)cc1. The Balaban J connectivity index is 1.45. The van der Waals surface area contributed by atoms with Crippen LogP contribution in [0.4, 0.5) is 0 Å². The van der Waals surface area contributed by atoms with Crippen LogP contribution in [0.1, 0.15) is 32.6 Å². The number of benzene rings is 3. The number of hydrogen-bond acceptors (Lipinski definition) is 7. The minimum atomic E-state index is -0.155. The first-order valence-electron chi connectivity index (χ1n) is 11.3. The number of ketones is 1. The molecule has 0 aromatic heterocycles. The summed E-state index contributed by atoms with van der Waals surface area (Å²) in [6, 6.07) is 15.3. The van der Waals surface area contributed by atoms with E-state index in [0.29, 0.717) is 48.2 Å². The number of allylic oxidation sites excluding steroid dienone is 1. The fourth-order valence-electron chi connectivity index (χ4n) is 4.46. The zero-order valence-electron chi connectivity index (χ0n) is 20.2. The summed E-state index contributed by atoms with van der Waals surface area (Å²) in [7, 11) is 4.84. The van der Waals surface area contributed by atoms with Crippen molar-refractivity contribution in [2.75, 3.05) is 28.1 Å². The third kappa shape index (κ3) is 4.31. The van der Waals surface area contributed by atoms with Gasteiger partial charge in [-0.25, -0.2) is 0 Å². The van der Waals surface area contributed by atoms with E-state index in [-0.39, 0.29) is 11.5 Å². The minimum absolute atomic E-state index is 0.155. The maximum Gasteiger partial charge on any atom is 0.232 e. The van der Waals surface area contributed by atoms with Gasteiger partial charge in [0.2, 0.25) is 5.78 Å². The monoisotopic (exact) mass is 473 g/mol. The van der Waals surface area contributed by atoms with Crippen LogP contribution < -0.4 is 23.7 Å². The lowest BCUT2D eigenvalue weighted by molar-refractivity contribution is 0.0872. The lowest BCUT2D eigenvalue weighted by atomic mass is 9.98. The molecule has 3 aromatic carbocycles. The van der Waals surface area contributed by atoms with Gasteiger partial charge in [-0.15, -0.1) is 0 Å². The molecule has 7 nitrogen and oxygen atoms in total. The van der Waals surface area contributed by atoms with E-state index in [4.69, 9.17) is 23.7 Å². The predicted molar refractivity (Wildman–Crippen MR) is 131 cm³/mol. The molecule has 0 bridgehead atoms. The normalized spacial score (nSPS) is 15.8. The molecule has 0 aliphatic carbocycles. The molecule has 0 saturated heterocycles. The van der Waals surface area contributed by atoms with Crippen molar-refractivity contribution in [2.45, 2.75) is 20.0 Å². The van der Waals surface area contributed by atoms with Crippen molar-refractivity contribution >= 4 is 11.9 Å². The molecule has 35 heavy (non-hydrogen) atoms. The van der Waals surface area contributed by atoms with Gasteiger partial charge in [-0.05, 0) is 60.5 Å². The van der Waals surface area contributed by atoms with Crippen LogP contribution in [0.15, 0.2) is 54.3 Å². The number of ether oxygens (including phenoxy) is 5. The molecule has 0 unspecified atom stereocenters. The van der Waals surface area contributed by atoms with E-state index in [2.05, 4.69) is 4.90 Å². The van der Waals surface area contributed by atoms with E-state index in [9.17, 15) is 4.79 Å². The molecule has 2 heterocycles. The Morgan fingerprint density at radius 1 is 0.971 bits per heavy atom. The summed E-state index contributed by atoms with van der Waals surface area (Å²) >= 11 is 0. The molecular formula is C28H27NO6. The van der Waals surface area contributed by atoms with Gasteiger partial charge in [-0.1, -0.05) is 12.1 Å². The van der Waals surface area contributed by atoms with E-state index >= 15 is 0 Å². The highest BCUT2D eigenvalue weighted by Gasteiger charge is 2.35. The first-order chi connectivity index (χ1) is 17.0. The van der Waals surface area contributed by atoms with Crippen LogP contribution >= 0.6 is 0 Å². The highest BCUT2D eigenvalue weighted by atomic mass is 16.5. The number of carbonyl (C=O) groups is 1. The van der Waals surface area contributed by atoms with Gasteiger partial charge >= 0.3 is 0 Å². The number of aryl methyl sites for hydroxylation is 1. The third-order valence-electron chi connectivity index (χ3n) is 6.28. The first-order valence-corrected chi connectivity index (χ1v) is 11.3. The molecule has 0 N–H and O–H groups in total. The number of fused-ring (bicyclic) bond motifs is 3. The minimum Gasteiger partial charge on any atom is -0.497 e. The second kappa shape index (κ2) is 9.35. The Labute approximate surface area is 204 Å². The molecule has 2 aliphatic heterocycles. The van der Waals surface area contributed by atoms with Crippen molar-refractivity contribution in [2.24, 2.45) is 0 Å². The van der Waals surface area contributed by atoms with E-state index in [1.807, 2.05) is 49.4 Å². The lowest BCUT2D eigenvalue weighted by Crippen LogP contribution is -2.31. The molecule has 0 radical (unpaired) electrons. The van der Waals surface area contributed by atoms with Gasteiger partial charge in [0, 0.05) is 18.7 Å². The van der Waals surface area contributed by atoms with Crippen molar-refractivity contribution in [1.82, 2.24) is 4.90 Å². The maximum absolute atomic E-state index is 13.4. The number of carbonyl (C=O) groups excluding carboxylic acids is 1. The van der Waals surface area contributed by atoms with Gasteiger partial charge in [0.1, 0.15) is 35.5 Å². The molecule has 0 atom stereocenters. The number of nitrogens with zero attached hydrogens (tertiary/aromatic N) is 1. The number of rotatable bonds is 6. The fourth-order valence-corrected chi connectivity index (χ4v) is 4.46. The van der Waals surface area contributed by atoms with Crippen molar-refractivity contribution < 1.29 is 28.5 Å². The lowest BCUT2D eigenvalue weighted by Gasteiger charge is -2.30. The van der Waals surface area contributed by atoms with Crippen molar-refractivity contribution in [3.63, 3.8) is 0 Å². The van der Waals surface area contributed by atoms with Crippen LogP contribution in [0.2, 0.25) is 0 Å². The average Bonchev–Trinajstić information content (AvgIpc) is 3.21. The Kier molecular flexibility index (Phi) is 6.09. The van der Waals surface area contributed by atoms with E-state index < -0.39 is 0 Å². The molecule has 5 rings (SSSR count). The van der Waals surface area contributed by atoms with Gasteiger partial charge in [0.15, 0.2) is 5.76 Å². The van der Waals surface area contributed by atoms with Crippen LogP contribution in [-0.2, 0) is 13.1 Å². The van der Waals surface area contributed by atoms with E-state index in [0.717, 1.165) is 28.2 Å². The molecule has 180 valence electrons. The van der Waals surface area contributed by atoms with Crippen molar-refractivity contribution in [3.8, 4) is 28.7 Å². The summed E-state index contributed by atoms with van der Waals surface area (Å²) in [5.74, 6) is 3.52. The number of methoxy groups -OCH3 is 3. The number of hydrogen-bond donors (Lipinski definition) is 0. The largest absolute Gasteiger partial charge is 0.497 e. The van der Waals surface area contributed by atoms with Crippen LogP contribution in [0.25, 0.3) is 6.08 Å². The molecular weight excluding hydrogens is 446 g/mol. The summed E-state index contributed by atoms with van der Waals surface area (Å²) in [5.41, 5.74) is 4.12. The Bertz CT molecular complexity index is 1310. The second-order valence-electron chi connectivity index (χ2n) is 8.53. The molecule has 2 aliphatic rings. The van der Waals surface area contributed by atoms with Crippen molar-refractivity contribution in [3.05, 3.63) is 82.1 Å². The van der Waals surface area contributed by atoms with Gasteiger partial charge in [-0.2, -0.15) is 0 Å². The molecule has 3 aromatic rings. The van der Waals surface area contributed by atoms with Gasteiger partial charge in [0.25, 0.3) is 0 Å². The van der Waals surface area contributed by atoms with Crippen LogP contribution in [-0.4, -0.2) is 38.7 Å². The number of Topliss-reactive ketones (excluding diaryl/α,β-unsaturated/α-hetero) is 1. The topological polar surface area (TPSA) is 66.5 Å². The highest BCUT2D eigenvalue weighted by Crippen LogP contribution is 2.44. The van der Waals surface area contributed by atoms with Gasteiger partial charge in [0.05, 0.1) is 32.5 Å². The molecule has 0 spiro atoms. The zero-order chi connectivity index (χ0) is 24.5. The summed E-state index contributed by atoms with van der Waals surface area (Å²) in [6.45, 7) is 3.66. The van der Waals surface area contributed by atoms with E-state index in [1.54, 1.807) is 33.5 Å². The third-order valence-corrected chi connectivity index (χ3v) is 6.28. The predicted octanol–water partition coefficient (Wildman–Crippen LogP) is 4.99. The van der Waals surface area contributed by atoms with Crippen LogP contribution in [0, 0.1) is 6.92 Å². The fraction of sp³-hybridized carbons (Fsp3) is 0.250. The van der Waals surface area contributed by atoms with E-state index in [1.165, 1.54) is 0 Å². The van der Waals surface area contributed by atoms with Gasteiger partial charge < -0.3 is 23.7 Å². The molecule has 7 heteroatoms. The smallest absolute Gasteiger partial charge is 0.232 e. The van der Waals surface area contributed by atoms with Crippen molar-refractivity contribution in [1.29, 1.82) is 0 Å². The Morgan fingerprint density at radius 2 is 1.71 bits per heavy atom. The average molecular weight is 474 g/mol. The standard InChI is InChI=1S/C28H27NO6/c1-17-11-24-22(15-29(16-34-24)14-18-5-7-20(31-2)8-6-18)28-26(17)27(30)25(35-28)13-19-12-21(32-3)9-10-23(19)33-4/h5-13H,14-16H2,1-4H3/b25-13-. The second-order valence-corrected chi connectivity index (χ2v) is 8.53. The zero-order valence-corrected chi connectivity index (χ0v) is 20.2. The molecule has 0 fully saturated rings. The summed E-state index contributed by atoms with van der Waals surface area (Å²) in [6.07, 6.45) is 1.70. The summed E-state index contributed by atoms with van der Waals surface area (Å²) in [4.78, 5) is 15.5. The van der Waals surface area contributed by atoms with Gasteiger partial charge in [-0.3, -0.25) is 9.69 Å². The Morgan fingerprint density at radius 3 is 2.43 bits per heavy atom. The first kappa shape index (κ1) is 22.8. The van der Waals surface area contributed by atoms with Crippen LogP contribution in [0.5, 0.6) is 28.7 Å². The highest BCUT2D eigenvalue weighted by molar-refractivity contribution is 6.16. The molecule has 0 amide bonds. The quantitative estimate of drug-likeness (QED) is 0.467. The summed E-state index contributed by atoms with van der Waals surface area (Å²) < 4.78 is 28.3. The maximum atomic E-state index is 13.4. The molecule has 0 saturated carbocycles.